The lowest BCUT2D eigenvalue weighted by molar-refractivity contribution is 0.929. The van der Waals surface area contributed by atoms with E-state index < -0.39 is 0 Å². The van der Waals surface area contributed by atoms with Gasteiger partial charge in [0.2, 0.25) is 0 Å². The minimum Gasteiger partial charge on any atom is -0.290 e. The highest BCUT2D eigenvalue weighted by molar-refractivity contribution is 5.46. The van der Waals surface area contributed by atoms with Crippen molar-refractivity contribution in [2.75, 3.05) is 0 Å². The summed E-state index contributed by atoms with van der Waals surface area (Å²) in [6, 6.07) is 5.63. The maximum atomic E-state index is 9.10. The zero-order valence-corrected chi connectivity index (χ0v) is 9.30. The van der Waals surface area contributed by atoms with E-state index in [1.807, 2.05) is 0 Å². The summed E-state index contributed by atoms with van der Waals surface area (Å²) in [6.07, 6.45) is 10.1. The quantitative estimate of drug-likeness (QED) is 0.672. The highest BCUT2D eigenvalue weighted by Crippen LogP contribution is 2.14. The number of aromatic nitrogens is 5. The topological polar surface area (TPSA) is 72.3 Å². The molecule has 6 heteroatoms. The van der Waals surface area contributed by atoms with Gasteiger partial charge in [-0.2, -0.15) is 5.26 Å². The summed E-state index contributed by atoms with van der Waals surface area (Å²) < 4.78 is 3.49. The Morgan fingerprint density at radius 1 is 1.00 bits per heavy atom. The van der Waals surface area contributed by atoms with Gasteiger partial charge in [0.05, 0.1) is 5.56 Å². The molecule has 6 nitrogen and oxygen atoms in total. The van der Waals surface area contributed by atoms with Gasteiger partial charge in [-0.05, 0) is 12.1 Å². The van der Waals surface area contributed by atoms with Crippen LogP contribution in [-0.4, -0.2) is 24.1 Å². The SMILES string of the molecule is N#Cc1ccc(-n2ccnc2)nc1-n1ccnc1. The molecule has 3 aromatic heterocycles. The third-order valence-corrected chi connectivity index (χ3v) is 2.50. The van der Waals surface area contributed by atoms with Gasteiger partial charge >= 0.3 is 0 Å². The van der Waals surface area contributed by atoms with E-state index in [0.717, 1.165) is 0 Å². The predicted octanol–water partition coefficient (Wildman–Crippen LogP) is 1.32. The Bertz CT molecular complexity index is 691. The van der Waals surface area contributed by atoms with E-state index in [9.17, 15) is 0 Å². The summed E-state index contributed by atoms with van der Waals surface area (Å²) >= 11 is 0. The summed E-state index contributed by atoms with van der Waals surface area (Å²) in [5.74, 6) is 1.26. The van der Waals surface area contributed by atoms with Crippen LogP contribution < -0.4 is 0 Å². The zero-order chi connectivity index (χ0) is 12.4. The van der Waals surface area contributed by atoms with Crippen LogP contribution in [0.2, 0.25) is 0 Å². The number of rotatable bonds is 2. The molecule has 0 bridgehead atoms. The molecule has 0 amide bonds. The van der Waals surface area contributed by atoms with Gasteiger partial charge in [-0.1, -0.05) is 0 Å². The number of pyridine rings is 1. The van der Waals surface area contributed by atoms with E-state index >= 15 is 0 Å². The first kappa shape index (κ1) is 10.2. The summed E-state index contributed by atoms with van der Waals surface area (Å²) in [4.78, 5) is 12.4. The molecule has 0 atom stereocenters. The number of hydrogen-bond acceptors (Lipinski definition) is 4. The Balaban J connectivity index is 2.17. The van der Waals surface area contributed by atoms with Crippen LogP contribution in [0, 0.1) is 11.3 Å². The van der Waals surface area contributed by atoms with Crippen molar-refractivity contribution in [3.05, 3.63) is 55.1 Å². The number of nitriles is 1. The lowest BCUT2D eigenvalue weighted by Crippen LogP contribution is -2.03. The van der Waals surface area contributed by atoms with E-state index in [1.165, 1.54) is 0 Å². The van der Waals surface area contributed by atoms with Gasteiger partial charge in [0.1, 0.15) is 24.5 Å². The van der Waals surface area contributed by atoms with Crippen molar-refractivity contribution in [2.24, 2.45) is 0 Å². The van der Waals surface area contributed by atoms with Gasteiger partial charge in [-0.3, -0.25) is 9.13 Å². The molecule has 0 radical (unpaired) electrons. The average molecular weight is 236 g/mol. The lowest BCUT2D eigenvalue weighted by Gasteiger charge is -2.07. The van der Waals surface area contributed by atoms with Crippen LogP contribution in [-0.2, 0) is 0 Å². The Morgan fingerprint density at radius 2 is 1.72 bits per heavy atom. The Hall–Kier alpha value is -2.94. The van der Waals surface area contributed by atoms with Gasteiger partial charge in [-0.15, -0.1) is 0 Å². The predicted molar refractivity (Wildman–Crippen MR) is 63.2 cm³/mol. The molecule has 0 spiro atoms. The molecule has 0 unspecified atom stereocenters. The molecule has 0 N–H and O–H groups in total. The number of imidazole rings is 2. The summed E-state index contributed by atoms with van der Waals surface area (Å²) in [5.41, 5.74) is 0.497. The third kappa shape index (κ3) is 1.64. The molecule has 3 heterocycles. The van der Waals surface area contributed by atoms with Crippen molar-refractivity contribution < 1.29 is 0 Å². The first-order valence-electron chi connectivity index (χ1n) is 5.26. The van der Waals surface area contributed by atoms with Crippen molar-refractivity contribution >= 4 is 0 Å². The van der Waals surface area contributed by atoms with E-state index in [4.69, 9.17) is 5.26 Å². The van der Waals surface area contributed by atoms with Crippen LogP contribution in [0.25, 0.3) is 11.6 Å². The molecule has 3 aromatic rings. The minimum absolute atomic E-state index is 0.497. The minimum atomic E-state index is 0.497. The second-order valence-electron chi connectivity index (χ2n) is 3.59. The Labute approximate surface area is 103 Å². The maximum Gasteiger partial charge on any atom is 0.158 e. The highest BCUT2D eigenvalue weighted by atomic mass is 15.2. The molecule has 0 fully saturated rings. The van der Waals surface area contributed by atoms with Crippen LogP contribution in [0.1, 0.15) is 5.56 Å². The van der Waals surface area contributed by atoms with Crippen molar-refractivity contribution in [3.63, 3.8) is 0 Å². The maximum absolute atomic E-state index is 9.10. The van der Waals surface area contributed by atoms with E-state index in [1.54, 1.807) is 58.7 Å². The molecular formula is C12H8N6. The largest absolute Gasteiger partial charge is 0.290 e. The van der Waals surface area contributed by atoms with E-state index in [-0.39, 0.29) is 0 Å². The van der Waals surface area contributed by atoms with Gasteiger partial charge in [-0.25, -0.2) is 15.0 Å². The van der Waals surface area contributed by atoms with Crippen LogP contribution in [0.5, 0.6) is 0 Å². The number of hydrogen-bond donors (Lipinski definition) is 0. The second-order valence-corrected chi connectivity index (χ2v) is 3.59. The van der Waals surface area contributed by atoms with Crippen molar-refractivity contribution in [2.45, 2.75) is 0 Å². The van der Waals surface area contributed by atoms with Crippen molar-refractivity contribution in [1.82, 2.24) is 24.1 Å². The standard InChI is InChI=1S/C12H8N6/c13-7-10-1-2-11(17-5-3-14-8-17)16-12(10)18-6-4-15-9-18/h1-6,8-9H. The normalized spacial score (nSPS) is 10.2. The first-order valence-corrected chi connectivity index (χ1v) is 5.26. The summed E-state index contributed by atoms with van der Waals surface area (Å²) in [7, 11) is 0. The Morgan fingerprint density at radius 3 is 2.33 bits per heavy atom. The van der Waals surface area contributed by atoms with Gasteiger partial charge < -0.3 is 0 Å². The van der Waals surface area contributed by atoms with E-state index in [2.05, 4.69) is 21.0 Å². The fraction of sp³-hybridized carbons (Fsp3) is 0. The fourth-order valence-electron chi connectivity index (χ4n) is 1.65. The van der Waals surface area contributed by atoms with Crippen LogP contribution >= 0.6 is 0 Å². The molecule has 0 aliphatic rings. The van der Waals surface area contributed by atoms with Crippen molar-refractivity contribution in [3.8, 4) is 17.7 Å². The monoisotopic (exact) mass is 236 g/mol. The van der Waals surface area contributed by atoms with Crippen LogP contribution in [0.15, 0.2) is 49.6 Å². The van der Waals surface area contributed by atoms with Crippen LogP contribution in [0.3, 0.4) is 0 Å². The molecular weight excluding hydrogens is 228 g/mol. The zero-order valence-electron chi connectivity index (χ0n) is 9.30. The van der Waals surface area contributed by atoms with Gasteiger partial charge in [0.15, 0.2) is 5.82 Å². The Kier molecular flexibility index (Phi) is 2.35. The van der Waals surface area contributed by atoms with Crippen molar-refractivity contribution in [1.29, 1.82) is 5.26 Å². The average Bonchev–Trinajstić information content (AvgIpc) is 3.11. The molecule has 0 aromatic carbocycles. The molecule has 0 aliphatic heterocycles. The summed E-state index contributed by atoms with van der Waals surface area (Å²) in [6.45, 7) is 0. The molecule has 0 saturated heterocycles. The smallest absolute Gasteiger partial charge is 0.158 e. The summed E-state index contributed by atoms with van der Waals surface area (Å²) in [5, 5.41) is 9.10. The van der Waals surface area contributed by atoms with Crippen LogP contribution in [0.4, 0.5) is 0 Å². The van der Waals surface area contributed by atoms with Gasteiger partial charge in [0, 0.05) is 24.8 Å². The molecule has 0 saturated carbocycles. The first-order chi connectivity index (χ1) is 8.88. The number of nitrogens with zero attached hydrogens (tertiary/aromatic N) is 6. The van der Waals surface area contributed by atoms with E-state index in [0.29, 0.717) is 17.2 Å². The molecule has 3 rings (SSSR count). The molecule has 18 heavy (non-hydrogen) atoms. The highest BCUT2D eigenvalue weighted by Gasteiger charge is 2.08. The van der Waals surface area contributed by atoms with Gasteiger partial charge in [0.25, 0.3) is 0 Å². The molecule has 0 aliphatic carbocycles. The third-order valence-electron chi connectivity index (χ3n) is 2.50. The second kappa shape index (κ2) is 4.14. The molecule has 86 valence electrons. The lowest BCUT2D eigenvalue weighted by atomic mass is 10.2. The fourth-order valence-corrected chi connectivity index (χ4v) is 1.65.